The largest absolute Gasteiger partial charge is 0.463 e. The van der Waals surface area contributed by atoms with Crippen molar-refractivity contribution in [1.82, 2.24) is 0 Å². The van der Waals surface area contributed by atoms with E-state index in [9.17, 15) is 9.90 Å². The molecule has 1 aromatic rings. The minimum atomic E-state index is -0.864. The Bertz CT molecular complexity index is 379. The number of esters is 1. The van der Waals surface area contributed by atoms with E-state index in [4.69, 9.17) is 13.9 Å². The molecule has 1 aromatic heterocycles. The molecule has 0 aliphatic carbocycles. The van der Waals surface area contributed by atoms with E-state index < -0.39 is 18.4 Å². The summed E-state index contributed by atoms with van der Waals surface area (Å²) >= 11 is 0. The molecule has 2 rings (SSSR count). The van der Waals surface area contributed by atoms with Gasteiger partial charge in [0.05, 0.1) is 20.3 Å². The Morgan fingerprint density at radius 1 is 1.53 bits per heavy atom. The predicted molar refractivity (Wildman–Crippen MR) is 55.3 cm³/mol. The third-order valence-corrected chi connectivity index (χ3v) is 2.45. The average molecular weight is 242 g/mol. The van der Waals surface area contributed by atoms with Crippen LogP contribution in [0.5, 0.6) is 0 Å². The van der Waals surface area contributed by atoms with E-state index in [1.54, 1.807) is 0 Å². The molecule has 0 spiro atoms. The molecule has 0 saturated carbocycles. The molecular weight excluding hydrogens is 228 g/mol. The number of carbonyl (C=O) groups excluding carboxylic acids is 1. The number of hydrogen-bond donors (Lipinski definition) is 1. The van der Waals surface area contributed by atoms with Crippen LogP contribution in [-0.4, -0.2) is 37.7 Å². The monoisotopic (exact) mass is 242 g/mol. The summed E-state index contributed by atoms with van der Waals surface area (Å²) in [7, 11) is 1.27. The van der Waals surface area contributed by atoms with Gasteiger partial charge in [0.25, 0.3) is 0 Å². The van der Waals surface area contributed by atoms with Crippen molar-refractivity contribution in [1.29, 1.82) is 0 Å². The van der Waals surface area contributed by atoms with Gasteiger partial charge in [-0.15, -0.1) is 0 Å². The van der Waals surface area contributed by atoms with E-state index in [1.165, 1.54) is 19.2 Å². The lowest BCUT2D eigenvalue weighted by molar-refractivity contribution is -0.0737. The maximum absolute atomic E-state index is 11.1. The number of hydrogen-bond acceptors (Lipinski definition) is 6. The minimum absolute atomic E-state index is 0.0646. The number of furan rings is 1. The quantitative estimate of drug-likeness (QED) is 0.789. The van der Waals surface area contributed by atoms with Gasteiger partial charge in [0.1, 0.15) is 11.9 Å². The average Bonchev–Trinajstić information content (AvgIpc) is 2.98. The second-order valence-corrected chi connectivity index (χ2v) is 3.62. The maximum Gasteiger partial charge on any atom is 0.373 e. The second kappa shape index (κ2) is 5.31. The zero-order valence-electron chi connectivity index (χ0n) is 9.42. The maximum atomic E-state index is 11.1. The highest BCUT2D eigenvalue weighted by Crippen LogP contribution is 2.24. The summed E-state index contributed by atoms with van der Waals surface area (Å²) in [5.74, 6) is -0.212. The molecule has 6 nitrogen and oxygen atoms in total. The van der Waals surface area contributed by atoms with Crippen molar-refractivity contribution in [3.8, 4) is 0 Å². The van der Waals surface area contributed by atoms with E-state index in [0.29, 0.717) is 19.0 Å². The molecule has 0 amide bonds. The van der Waals surface area contributed by atoms with Crippen molar-refractivity contribution < 1.29 is 28.5 Å². The van der Waals surface area contributed by atoms with Crippen LogP contribution < -0.4 is 0 Å². The van der Waals surface area contributed by atoms with E-state index in [-0.39, 0.29) is 12.2 Å². The van der Waals surface area contributed by atoms with Crippen LogP contribution in [-0.2, 0) is 14.2 Å². The molecular formula is C11H14O6. The molecule has 1 aliphatic rings. The molecule has 1 saturated heterocycles. The summed E-state index contributed by atoms with van der Waals surface area (Å²) in [4.78, 5) is 11.1. The van der Waals surface area contributed by atoms with Gasteiger partial charge in [-0.3, -0.25) is 0 Å². The van der Waals surface area contributed by atoms with Crippen molar-refractivity contribution in [2.24, 2.45) is 0 Å². The summed E-state index contributed by atoms with van der Waals surface area (Å²) in [6, 6.07) is 2.99. The first-order valence-electron chi connectivity index (χ1n) is 5.30. The lowest BCUT2D eigenvalue weighted by Crippen LogP contribution is -2.12. The topological polar surface area (TPSA) is 78.1 Å². The van der Waals surface area contributed by atoms with Crippen LogP contribution in [0.2, 0.25) is 0 Å². The summed E-state index contributed by atoms with van der Waals surface area (Å²) in [5.41, 5.74) is 0. The SMILES string of the molecule is COC(=O)c1ccc(C(O)CC2OCCO2)o1. The van der Waals surface area contributed by atoms with Gasteiger partial charge in [0.15, 0.2) is 6.29 Å². The van der Waals surface area contributed by atoms with Crippen LogP contribution in [0.3, 0.4) is 0 Å². The fourth-order valence-corrected chi connectivity index (χ4v) is 1.58. The highest BCUT2D eigenvalue weighted by molar-refractivity contribution is 5.86. The number of rotatable bonds is 4. The molecule has 1 N–H and O–H groups in total. The number of ether oxygens (including phenoxy) is 3. The standard InChI is InChI=1S/C11H14O6/c1-14-11(13)9-3-2-8(17-9)7(12)6-10-15-4-5-16-10/h2-3,7,10,12H,4-6H2,1H3. The zero-order chi connectivity index (χ0) is 12.3. The third kappa shape index (κ3) is 2.85. The van der Waals surface area contributed by atoms with Crippen molar-refractivity contribution in [2.45, 2.75) is 18.8 Å². The predicted octanol–water partition coefficient (Wildman–Crippen LogP) is 0.863. The molecule has 1 unspecified atom stereocenters. The van der Waals surface area contributed by atoms with Gasteiger partial charge in [0, 0.05) is 6.42 Å². The van der Waals surface area contributed by atoms with Crippen LogP contribution >= 0.6 is 0 Å². The highest BCUT2D eigenvalue weighted by Gasteiger charge is 2.24. The van der Waals surface area contributed by atoms with Crippen molar-refractivity contribution >= 4 is 5.97 Å². The van der Waals surface area contributed by atoms with Crippen LogP contribution in [0.1, 0.15) is 28.8 Å². The summed E-state index contributed by atoms with van der Waals surface area (Å²) in [5, 5.41) is 9.84. The first-order chi connectivity index (χ1) is 8.20. The first kappa shape index (κ1) is 12.1. The Morgan fingerprint density at radius 3 is 2.88 bits per heavy atom. The Hall–Kier alpha value is -1.37. The van der Waals surface area contributed by atoms with E-state index >= 15 is 0 Å². The molecule has 1 fully saturated rings. The lowest BCUT2D eigenvalue weighted by atomic mass is 10.2. The Morgan fingerprint density at radius 2 is 2.24 bits per heavy atom. The normalized spacial score (nSPS) is 18.2. The Balaban J connectivity index is 1.96. The second-order valence-electron chi connectivity index (χ2n) is 3.62. The molecule has 94 valence electrons. The molecule has 1 atom stereocenters. The lowest BCUT2D eigenvalue weighted by Gasteiger charge is -2.12. The smallest absolute Gasteiger partial charge is 0.373 e. The summed E-state index contributed by atoms with van der Waals surface area (Å²) in [6.07, 6.45) is -1.01. The van der Waals surface area contributed by atoms with E-state index in [1.807, 2.05) is 0 Å². The molecule has 1 aliphatic heterocycles. The third-order valence-electron chi connectivity index (χ3n) is 2.45. The van der Waals surface area contributed by atoms with Crippen molar-refractivity contribution in [3.05, 3.63) is 23.7 Å². The van der Waals surface area contributed by atoms with Gasteiger partial charge in [-0.2, -0.15) is 0 Å². The van der Waals surface area contributed by atoms with Gasteiger partial charge < -0.3 is 23.7 Å². The van der Waals surface area contributed by atoms with Gasteiger partial charge in [-0.05, 0) is 12.1 Å². The van der Waals surface area contributed by atoms with Crippen molar-refractivity contribution in [2.75, 3.05) is 20.3 Å². The van der Waals surface area contributed by atoms with Crippen LogP contribution in [0.15, 0.2) is 16.5 Å². The highest BCUT2D eigenvalue weighted by atomic mass is 16.7. The zero-order valence-corrected chi connectivity index (χ0v) is 9.42. The van der Waals surface area contributed by atoms with E-state index in [2.05, 4.69) is 4.74 Å². The summed E-state index contributed by atoms with van der Waals surface area (Å²) in [6.45, 7) is 1.06. The number of aliphatic hydroxyl groups is 1. The van der Waals surface area contributed by atoms with Gasteiger partial charge in [-0.25, -0.2) is 4.79 Å². The van der Waals surface area contributed by atoms with Crippen LogP contribution in [0.25, 0.3) is 0 Å². The molecule has 0 radical (unpaired) electrons. The molecule has 6 heteroatoms. The van der Waals surface area contributed by atoms with Gasteiger partial charge in [-0.1, -0.05) is 0 Å². The van der Waals surface area contributed by atoms with E-state index in [0.717, 1.165) is 0 Å². The molecule has 2 heterocycles. The Kier molecular flexibility index (Phi) is 3.78. The summed E-state index contributed by atoms with van der Waals surface area (Å²) < 4.78 is 20.1. The van der Waals surface area contributed by atoms with Gasteiger partial charge >= 0.3 is 5.97 Å². The number of carbonyl (C=O) groups is 1. The molecule has 0 bridgehead atoms. The fraction of sp³-hybridized carbons (Fsp3) is 0.545. The van der Waals surface area contributed by atoms with Crippen molar-refractivity contribution in [3.63, 3.8) is 0 Å². The van der Waals surface area contributed by atoms with Gasteiger partial charge in [0.2, 0.25) is 5.76 Å². The number of methoxy groups -OCH3 is 1. The number of aliphatic hydroxyl groups excluding tert-OH is 1. The first-order valence-corrected chi connectivity index (χ1v) is 5.30. The van der Waals surface area contributed by atoms with Crippen LogP contribution in [0, 0.1) is 0 Å². The molecule has 0 aromatic carbocycles. The molecule has 17 heavy (non-hydrogen) atoms. The Labute approximate surface area is 98.1 Å². The fourth-order valence-electron chi connectivity index (χ4n) is 1.58. The minimum Gasteiger partial charge on any atom is -0.463 e. The van der Waals surface area contributed by atoms with Crippen LogP contribution in [0.4, 0.5) is 0 Å².